The predicted molar refractivity (Wildman–Crippen MR) is 58.2 cm³/mol. The fourth-order valence-electron chi connectivity index (χ4n) is 0.813. The summed E-state index contributed by atoms with van der Waals surface area (Å²) in [4.78, 5) is 0. The summed E-state index contributed by atoms with van der Waals surface area (Å²) in [6, 6.07) is 0. The van der Waals surface area contributed by atoms with E-state index in [1.165, 1.54) is 25.7 Å². The zero-order valence-corrected chi connectivity index (χ0v) is 9.93. The Bertz CT molecular complexity index is 70.5. The van der Waals surface area contributed by atoms with E-state index in [2.05, 4.69) is 20.8 Å². The molecule has 0 aromatic carbocycles. The van der Waals surface area contributed by atoms with Gasteiger partial charge in [-0.3, -0.25) is 0 Å². The van der Waals surface area contributed by atoms with Crippen molar-refractivity contribution in [2.24, 2.45) is 0 Å². The van der Waals surface area contributed by atoms with Crippen LogP contribution in [0.4, 0.5) is 0 Å². The quantitative estimate of drug-likeness (QED) is 0.599. The highest BCUT2D eigenvalue weighted by Crippen LogP contribution is 1.96. The van der Waals surface area contributed by atoms with Crippen LogP contribution in [0, 0.1) is 0 Å². The van der Waals surface area contributed by atoms with Gasteiger partial charge in [0.1, 0.15) is 0 Å². The number of unbranched alkanes of at least 4 members (excludes halogenated alkanes) is 1. The lowest BCUT2D eigenvalue weighted by Gasteiger charge is -2.04. The number of rotatable bonds is 6. The van der Waals surface area contributed by atoms with E-state index in [1.807, 2.05) is 0 Å². The third-order valence-electron chi connectivity index (χ3n) is 1.80. The fraction of sp³-hybridized carbons (Fsp3) is 1.00. The van der Waals surface area contributed by atoms with Gasteiger partial charge in [0.05, 0.1) is 6.10 Å². The van der Waals surface area contributed by atoms with E-state index in [4.69, 9.17) is 9.47 Å². The van der Waals surface area contributed by atoms with Crippen molar-refractivity contribution >= 4 is 0 Å². The maximum Gasteiger partial charge on any atom is 0.0543 e. The molecule has 0 aliphatic carbocycles. The van der Waals surface area contributed by atoms with Crippen LogP contribution in [0.1, 0.15) is 46.5 Å². The van der Waals surface area contributed by atoms with Crippen molar-refractivity contribution in [3.8, 4) is 0 Å². The highest BCUT2D eigenvalue weighted by atomic mass is 16.5. The third-order valence-corrected chi connectivity index (χ3v) is 1.80. The van der Waals surface area contributed by atoms with Crippen molar-refractivity contribution in [3.05, 3.63) is 0 Å². The smallest absolute Gasteiger partial charge is 0.0543 e. The average molecular weight is 190 g/mol. The Kier molecular flexibility index (Phi) is 17.1. The lowest BCUT2D eigenvalue weighted by atomic mass is 10.2. The lowest BCUT2D eigenvalue weighted by Crippen LogP contribution is -2.02. The lowest BCUT2D eigenvalue weighted by molar-refractivity contribution is 0.110. The zero-order chi connectivity index (χ0) is 10.5. The first kappa shape index (κ1) is 15.4. The fourth-order valence-corrected chi connectivity index (χ4v) is 0.813. The van der Waals surface area contributed by atoms with Gasteiger partial charge < -0.3 is 9.47 Å². The molecule has 0 N–H and O–H groups in total. The minimum atomic E-state index is 0.449. The van der Waals surface area contributed by atoms with Gasteiger partial charge in [-0.05, 0) is 19.8 Å². The van der Waals surface area contributed by atoms with Crippen LogP contribution in [0.25, 0.3) is 0 Å². The van der Waals surface area contributed by atoms with Gasteiger partial charge in [-0.15, -0.1) is 0 Å². The summed E-state index contributed by atoms with van der Waals surface area (Å²) in [6.07, 6.45) is 5.26. The van der Waals surface area contributed by atoms with Gasteiger partial charge >= 0.3 is 0 Å². The van der Waals surface area contributed by atoms with E-state index in [-0.39, 0.29) is 0 Å². The standard InChI is InChI=1S/C6H14O.C5H12O/c1-4-5-6(2)7-3;1-3-4-5-6-2/h6H,4-5H2,1-3H3;3-5H2,1-2H3. The van der Waals surface area contributed by atoms with Crippen LogP contribution in [0.3, 0.4) is 0 Å². The molecule has 0 spiro atoms. The minimum absolute atomic E-state index is 0.449. The Labute approximate surface area is 83.6 Å². The topological polar surface area (TPSA) is 18.5 Å². The van der Waals surface area contributed by atoms with Gasteiger partial charge in [0.25, 0.3) is 0 Å². The molecule has 13 heavy (non-hydrogen) atoms. The van der Waals surface area contributed by atoms with E-state index in [9.17, 15) is 0 Å². The first-order valence-electron chi connectivity index (χ1n) is 5.24. The van der Waals surface area contributed by atoms with E-state index >= 15 is 0 Å². The summed E-state index contributed by atoms with van der Waals surface area (Å²) in [5, 5.41) is 0. The molecule has 0 aliphatic rings. The monoisotopic (exact) mass is 190 g/mol. The van der Waals surface area contributed by atoms with Crippen LogP contribution in [0.2, 0.25) is 0 Å². The van der Waals surface area contributed by atoms with Gasteiger partial charge in [-0.25, -0.2) is 0 Å². The molecule has 0 aliphatic heterocycles. The van der Waals surface area contributed by atoms with Gasteiger partial charge in [0.2, 0.25) is 0 Å². The summed E-state index contributed by atoms with van der Waals surface area (Å²) >= 11 is 0. The number of hydrogen-bond acceptors (Lipinski definition) is 2. The molecule has 0 rings (SSSR count). The van der Waals surface area contributed by atoms with Crippen LogP contribution >= 0.6 is 0 Å². The Balaban J connectivity index is 0. The Morgan fingerprint density at radius 1 is 1.08 bits per heavy atom. The normalized spacial score (nSPS) is 11.8. The highest BCUT2D eigenvalue weighted by Gasteiger charge is 1.92. The minimum Gasteiger partial charge on any atom is -0.385 e. The van der Waals surface area contributed by atoms with E-state index < -0.39 is 0 Å². The van der Waals surface area contributed by atoms with Crippen LogP contribution in [0.5, 0.6) is 0 Å². The molecule has 1 unspecified atom stereocenters. The van der Waals surface area contributed by atoms with Crippen molar-refractivity contribution in [1.82, 2.24) is 0 Å². The van der Waals surface area contributed by atoms with Crippen LogP contribution in [-0.2, 0) is 9.47 Å². The van der Waals surface area contributed by atoms with Crippen molar-refractivity contribution in [2.75, 3.05) is 20.8 Å². The van der Waals surface area contributed by atoms with Crippen molar-refractivity contribution in [2.45, 2.75) is 52.6 Å². The molecular formula is C11H26O2. The van der Waals surface area contributed by atoms with Crippen LogP contribution < -0.4 is 0 Å². The zero-order valence-electron chi connectivity index (χ0n) is 9.93. The molecule has 0 aromatic heterocycles. The second kappa shape index (κ2) is 14.4. The number of ether oxygens (including phenoxy) is 2. The molecule has 2 nitrogen and oxygen atoms in total. The van der Waals surface area contributed by atoms with Crippen molar-refractivity contribution in [3.63, 3.8) is 0 Å². The van der Waals surface area contributed by atoms with Crippen LogP contribution in [0.15, 0.2) is 0 Å². The highest BCUT2D eigenvalue weighted by molar-refractivity contribution is 4.44. The average Bonchev–Trinajstić information content (AvgIpc) is 2.16. The summed E-state index contributed by atoms with van der Waals surface area (Å²) in [6.45, 7) is 7.31. The molecule has 2 heteroatoms. The van der Waals surface area contributed by atoms with Crippen LogP contribution in [-0.4, -0.2) is 26.9 Å². The Morgan fingerprint density at radius 2 is 1.69 bits per heavy atom. The molecule has 1 atom stereocenters. The maximum absolute atomic E-state index is 4.99. The molecule has 0 radical (unpaired) electrons. The van der Waals surface area contributed by atoms with Gasteiger partial charge in [0, 0.05) is 20.8 Å². The van der Waals surface area contributed by atoms with E-state index in [1.54, 1.807) is 14.2 Å². The molecule has 0 bridgehead atoms. The first-order chi connectivity index (χ1) is 6.22. The number of methoxy groups -OCH3 is 2. The van der Waals surface area contributed by atoms with E-state index in [0.717, 1.165) is 6.61 Å². The van der Waals surface area contributed by atoms with Crippen molar-refractivity contribution in [1.29, 1.82) is 0 Å². The maximum atomic E-state index is 4.99. The Hall–Kier alpha value is -0.0800. The largest absolute Gasteiger partial charge is 0.385 e. The number of hydrogen-bond donors (Lipinski definition) is 0. The van der Waals surface area contributed by atoms with Gasteiger partial charge in [-0.1, -0.05) is 26.7 Å². The molecule has 0 amide bonds. The third kappa shape index (κ3) is 18.7. The predicted octanol–water partition coefficient (Wildman–Crippen LogP) is 3.25. The molecule has 0 fully saturated rings. The molecule has 82 valence electrons. The Morgan fingerprint density at radius 3 is 1.85 bits per heavy atom. The second-order valence-corrected chi connectivity index (χ2v) is 3.18. The second-order valence-electron chi connectivity index (χ2n) is 3.18. The van der Waals surface area contributed by atoms with E-state index in [0.29, 0.717) is 6.10 Å². The van der Waals surface area contributed by atoms with Gasteiger partial charge in [0.15, 0.2) is 0 Å². The molecule has 0 aromatic rings. The molecule has 0 saturated heterocycles. The summed E-state index contributed by atoms with van der Waals surface area (Å²) in [7, 11) is 3.48. The van der Waals surface area contributed by atoms with Crippen molar-refractivity contribution < 1.29 is 9.47 Å². The molecule has 0 heterocycles. The summed E-state index contributed by atoms with van der Waals surface area (Å²) in [5.41, 5.74) is 0. The molecule has 0 saturated carbocycles. The first-order valence-corrected chi connectivity index (χ1v) is 5.24. The summed E-state index contributed by atoms with van der Waals surface area (Å²) in [5.74, 6) is 0. The SMILES string of the molecule is CCCC(C)OC.CCCCOC. The van der Waals surface area contributed by atoms with Gasteiger partial charge in [-0.2, -0.15) is 0 Å². The molecular weight excluding hydrogens is 164 g/mol. The summed E-state index contributed by atoms with van der Waals surface area (Å²) < 4.78 is 9.77.